The highest BCUT2D eigenvalue weighted by atomic mass is 35.5. The zero-order chi connectivity index (χ0) is 15.2. The number of nitrogens with one attached hydrogen (secondary N) is 1. The van der Waals surface area contributed by atoms with Gasteiger partial charge in [0.25, 0.3) is 0 Å². The first-order chi connectivity index (χ1) is 10.2. The van der Waals surface area contributed by atoms with E-state index in [1.165, 1.54) is 6.33 Å². The van der Waals surface area contributed by atoms with Crippen LogP contribution in [0.5, 0.6) is 11.5 Å². The van der Waals surface area contributed by atoms with Crippen LogP contribution in [-0.2, 0) is 6.42 Å². The Hall–Kier alpha value is -2.21. The summed E-state index contributed by atoms with van der Waals surface area (Å²) in [6, 6.07) is 5.68. The van der Waals surface area contributed by atoms with Crippen molar-refractivity contribution >= 4 is 23.2 Å². The molecule has 21 heavy (non-hydrogen) atoms. The van der Waals surface area contributed by atoms with Crippen LogP contribution < -0.4 is 20.5 Å². The molecule has 0 aliphatic rings. The first-order valence-corrected chi connectivity index (χ1v) is 6.74. The Morgan fingerprint density at radius 3 is 2.76 bits per heavy atom. The van der Waals surface area contributed by atoms with E-state index in [0.717, 1.165) is 23.5 Å². The molecular weight excluding hydrogens is 292 g/mol. The summed E-state index contributed by atoms with van der Waals surface area (Å²) in [4.78, 5) is 7.87. The molecule has 0 aliphatic heterocycles. The van der Waals surface area contributed by atoms with Gasteiger partial charge in [0, 0.05) is 6.54 Å². The second-order valence-corrected chi connectivity index (χ2v) is 4.65. The third-order valence-corrected chi connectivity index (χ3v) is 3.36. The molecule has 0 unspecified atom stereocenters. The molecule has 0 saturated carbocycles. The van der Waals surface area contributed by atoms with E-state index in [-0.39, 0.29) is 5.82 Å². The molecule has 0 aliphatic carbocycles. The van der Waals surface area contributed by atoms with Crippen molar-refractivity contribution < 1.29 is 9.47 Å². The molecule has 0 fully saturated rings. The number of hydrogen-bond acceptors (Lipinski definition) is 6. The Kier molecular flexibility index (Phi) is 5.05. The minimum Gasteiger partial charge on any atom is -0.497 e. The summed E-state index contributed by atoms with van der Waals surface area (Å²) in [7, 11) is 3.27. The summed E-state index contributed by atoms with van der Waals surface area (Å²) in [5.41, 5.74) is 6.66. The van der Waals surface area contributed by atoms with Crippen molar-refractivity contribution in [3.05, 3.63) is 35.1 Å². The first kappa shape index (κ1) is 15.2. The van der Waals surface area contributed by atoms with Gasteiger partial charge >= 0.3 is 0 Å². The minimum atomic E-state index is 0.258. The third kappa shape index (κ3) is 3.66. The van der Waals surface area contributed by atoms with Crippen molar-refractivity contribution in [2.45, 2.75) is 6.42 Å². The van der Waals surface area contributed by atoms with Crippen molar-refractivity contribution in [2.24, 2.45) is 0 Å². The van der Waals surface area contributed by atoms with Crippen LogP contribution in [0.1, 0.15) is 5.56 Å². The molecule has 0 amide bonds. The number of anilines is 2. The Bertz CT molecular complexity index is 622. The van der Waals surface area contributed by atoms with Gasteiger partial charge in [0.15, 0.2) is 0 Å². The third-order valence-electron chi connectivity index (χ3n) is 2.99. The summed E-state index contributed by atoms with van der Waals surface area (Å²) < 4.78 is 10.6. The molecule has 0 spiro atoms. The van der Waals surface area contributed by atoms with Crippen LogP contribution in [0.25, 0.3) is 0 Å². The molecule has 0 radical (unpaired) electrons. The van der Waals surface area contributed by atoms with E-state index < -0.39 is 0 Å². The molecule has 0 atom stereocenters. The number of rotatable bonds is 6. The Labute approximate surface area is 128 Å². The fraction of sp³-hybridized carbons (Fsp3) is 0.286. The second-order valence-electron chi connectivity index (χ2n) is 4.28. The largest absolute Gasteiger partial charge is 0.497 e. The van der Waals surface area contributed by atoms with E-state index in [1.807, 2.05) is 18.2 Å². The van der Waals surface area contributed by atoms with Crippen LogP contribution in [0.15, 0.2) is 24.5 Å². The van der Waals surface area contributed by atoms with Gasteiger partial charge in [-0.25, -0.2) is 9.97 Å². The number of aromatic nitrogens is 2. The molecular formula is C14H17ClN4O2. The quantitative estimate of drug-likeness (QED) is 0.852. The molecule has 1 heterocycles. The highest BCUT2D eigenvalue weighted by Gasteiger charge is 2.08. The van der Waals surface area contributed by atoms with Crippen molar-refractivity contribution in [1.29, 1.82) is 0 Å². The molecule has 0 saturated heterocycles. The molecule has 1 aromatic heterocycles. The highest BCUT2D eigenvalue weighted by Crippen LogP contribution is 2.26. The lowest BCUT2D eigenvalue weighted by Crippen LogP contribution is -2.09. The number of nitrogens with two attached hydrogens (primary N) is 1. The summed E-state index contributed by atoms with van der Waals surface area (Å²) >= 11 is 6.02. The number of ether oxygens (including phenoxy) is 2. The zero-order valence-electron chi connectivity index (χ0n) is 11.9. The monoisotopic (exact) mass is 308 g/mol. The van der Waals surface area contributed by atoms with Crippen LogP contribution in [0.3, 0.4) is 0 Å². The average molecular weight is 309 g/mol. The zero-order valence-corrected chi connectivity index (χ0v) is 12.6. The van der Waals surface area contributed by atoms with Gasteiger partial charge in [-0.1, -0.05) is 11.6 Å². The van der Waals surface area contributed by atoms with Gasteiger partial charge in [0.1, 0.15) is 34.5 Å². The molecule has 3 N–H and O–H groups in total. The number of methoxy groups -OCH3 is 2. The maximum atomic E-state index is 6.02. The number of nitrogens with zero attached hydrogens (tertiary/aromatic N) is 2. The normalized spacial score (nSPS) is 10.2. The van der Waals surface area contributed by atoms with Gasteiger partial charge in [-0.3, -0.25) is 0 Å². The number of hydrogen-bond donors (Lipinski definition) is 2. The molecule has 1 aromatic carbocycles. The topological polar surface area (TPSA) is 82.3 Å². The van der Waals surface area contributed by atoms with E-state index in [0.29, 0.717) is 17.4 Å². The van der Waals surface area contributed by atoms with E-state index in [2.05, 4.69) is 15.3 Å². The van der Waals surface area contributed by atoms with Crippen LogP contribution in [-0.4, -0.2) is 30.7 Å². The molecule has 6 nitrogen and oxygen atoms in total. The fourth-order valence-electron chi connectivity index (χ4n) is 1.90. The standard InChI is InChI=1S/C14H17ClN4O2/c1-20-10-3-4-11(21-2)9(7-10)5-6-17-14-12(15)13(16)18-8-19-14/h3-4,7-8H,5-6H2,1-2H3,(H3,16,17,18,19). The Balaban J connectivity index is 2.04. The lowest BCUT2D eigenvalue weighted by atomic mass is 10.1. The number of halogens is 1. The van der Waals surface area contributed by atoms with E-state index >= 15 is 0 Å². The van der Waals surface area contributed by atoms with Gasteiger partial charge in [0.2, 0.25) is 0 Å². The SMILES string of the molecule is COc1ccc(OC)c(CCNc2ncnc(N)c2Cl)c1. The maximum absolute atomic E-state index is 6.02. The summed E-state index contributed by atoms with van der Waals surface area (Å²) in [5, 5.41) is 3.46. The van der Waals surface area contributed by atoms with E-state index in [9.17, 15) is 0 Å². The smallest absolute Gasteiger partial charge is 0.150 e. The predicted molar refractivity (Wildman–Crippen MR) is 83.2 cm³/mol. The first-order valence-electron chi connectivity index (χ1n) is 6.36. The van der Waals surface area contributed by atoms with E-state index in [4.69, 9.17) is 26.8 Å². The second kappa shape index (κ2) is 6.99. The van der Waals surface area contributed by atoms with Gasteiger partial charge in [-0.15, -0.1) is 0 Å². The van der Waals surface area contributed by atoms with E-state index in [1.54, 1.807) is 14.2 Å². The highest BCUT2D eigenvalue weighted by molar-refractivity contribution is 6.35. The average Bonchev–Trinajstić information content (AvgIpc) is 2.51. The van der Waals surface area contributed by atoms with Crippen molar-refractivity contribution in [3.8, 4) is 11.5 Å². The lowest BCUT2D eigenvalue weighted by Gasteiger charge is -2.12. The van der Waals surface area contributed by atoms with Crippen molar-refractivity contribution in [1.82, 2.24) is 9.97 Å². The van der Waals surface area contributed by atoms with Gasteiger partial charge in [-0.2, -0.15) is 0 Å². The Morgan fingerprint density at radius 2 is 2.05 bits per heavy atom. The van der Waals surface area contributed by atoms with Gasteiger partial charge in [-0.05, 0) is 30.2 Å². The predicted octanol–water partition coefficient (Wildman–Crippen LogP) is 2.38. The molecule has 0 bridgehead atoms. The maximum Gasteiger partial charge on any atom is 0.150 e. The molecule has 112 valence electrons. The molecule has 7 heteroatoms. The van der Waals surface area contributed by atoms with Crippen LogP contribution in [0.4, 0.5) is 11.6 Å². The summed E-state index contributed by atoms with van der Waals surface area (Å²) in [5.74, 6) is 2.38. The lowest BCUT2D eigenvalue weighted by molar-refractivity contribution is 0.399. The summed E-state index contributed by atoms with van der Waals surface area (Å²) in [6.45, 7) is 0.625. The fourth-order valence-corrected chi connectivity index (χ4v) is 2.06. The van der Waals surface area contributed by atoms with Crippen LogP contribution in [0.2, 0.25) is 5.02 Å². The van der Waals surface area contributed by atoms with Crippen LogP contribution in [0, 0.1) is 0 Å². The number of nitrogen functional groups attached to an aromatic ring is 1. The summed E-state index contributed by atoms with van der Waals surface area (Å²) in [6.07, 6.45) is 2.09. The van der Waals surface area contributed by atoms with Crippen LogP contribution >= 0.6 is 11.6 Å². The molecule has 2 rings (SSSR count). The Morgan fingerprint density at radius 1 is 1.24 bits per heavy atom. The van der Waals surface area contributed by atoms with Crippen molar-refractivity contribution in [2.75, 3.05) is 31.8 Å². The number of benzene rings is 1. The van der Waals surface area contributed by atoms with Crippen molar-refractivity contribution in [3.63, 3.8) is 0 Å². The van der Waals surface area contributed by atoms with Gasteiger partial charge < -0.3 is 20.5 Å². The molecule has 2 aromatic rings. The minimum absolute atomic E-state index is 0.258. The van der Waals surface area contributed by atoms with Gasteiger partial charge in [0.05, 0.1) is 14.2 Å².